The van der Waals surface area contributed by atoms with E-state index in [0.717, 1.165) is 4.88 Å². The molecule has 1 saturated carbocycles. The molecule has 1 aromatic rings. The highest BCUT2D eigenvalue weighted by Crippen LogP contribution is 2.26. The van der Waals surface area contributed by atoms with Crippen molar-refractivity contribution in [2.75, 3.05) is 12.3 Å². The van der Waals surface area contributed by atoms with Crippen molar-refractivity contribution in [1.82, 2.24) is 10.0 Å². The third-order valence-corrected chi connectivity index (χ3v) is 5.51. The zero-order chi connectivity index (χ0) is 13.9. The van der Waals surface area contributed by atoms with E-state index in [1.807, 2.05) is 31.4 Å². The molecule has 1 heterocycles. The first-order chi connectivity index (χ1) is 8.98. The molecule has 1 fully saturated rings. The summed E-state index contributed by atoms with van der Waals surface area (Å²) in [5.41, 5.74) is 0. The number of hydrogen-bond acceptors (Lipinski definition) is 4. The minimum absolute atomic E-state index is 0.120. The van der Waals surface area contributed by atoms with Crippen LogP contribution in [-0.2, 0) is 10.0 Å². The summed E-state index contributed by atoms with van der Waals surface area (Å²) in [6, 6.07) is 4.37. The van der Waals surface area contributed by atoms with Crippen molar-refractivity contribution in [1.29, 1.82) is 0 Å². The first kappa shape index (κ1) is 15.0. The molecule has 0 aromatic carbocycles. The molecule has 0 aliphatic heterocycles. The lowest BCUT2D eigenvalue weighted by Crippen LogP contribution is -2.36. The van der Waals surface area contributed by atoms with Gasteiger partial charge in [-0.15, -0.1) is 11.3 Å². The van der Waals surface area contributed by atoms with Gasteiger partial charge in [0.1, 0.15) is 0 Å². The number of sulfonamides is 1. The molecule has 1 aliphatic rings. The van der Waals surface area contributed by atoms with Gasteiger partial charge in [0.2, 0.25) is 10.0 Å². The van der Waals surface area contributed by atoms with E-state index in [1.165, 1.54) is 12.8 Å². The number of thiophene rings is 1. The Hall–Kier alpha value is -0.430. The Labute approximate surface area is 119 Å². The fourth-order valence-corrected chi connectivity index (χ4v) is 4.24. The van der Waals surface area contributed by atoms with Gasteiger partial charge in [-0.25, -0.2) is 13.1 Å². The van der Waals surface area contributed by atoms with Crippen LogP contribution in [-0.4, -0.2) is 26.8 Å². The summed E-state index contributed by atoms with van der Waals surface area (Å²) < 4.78 is 27.0. The van der Waals surface area contributed by atoms with Gasteiger partial charge in [0, 0.05) is 17.5 Å². The largest absolute Gasteiger partial charge is 0.313 e. The molecule has 2 rings (SSSR count). The molecule has 0 saturated heterocycles. The first-order valence-corrected chi connectivity index (χ1v) is 9.28. The molecule has 4 nitrogen and oxygen atoms in total. The van der Waals surface area contributed by atoms with Crippen molar-refractivity contribution in [3.63, 3.8) is 0 Å². The molecule has 1 unspecified atom stereocenters. The van der Waals surface area contributed by atoms with Crippen LogP contribution in [0.1, 0.15) is 37.6 Å². The van der Waals surface area contributed by atoms with Crippen molar-refractivity contribution in [3.05, 3.63) is 22.4 Å². The van der Waals surface area contributed by atoms with Crippen molar-refractivity contribution >= 4 is 21.4 Å². The maximum Gasteiger partial charge on any atom is 0.213 e. The van der Waals surface area contributed by atoms with Crippen molar-refractivity contribution in [3.8, 4) is 0 Å². The Bertz CT molecular complexity index is 479. The highest BCUT2D eigenvalue weighted by Gasteiger charge is 2.24. The Kier molecular flexibility index (Phi) is 5.00. The van der Waals surface area contributed by atoms with Gasteiger partial charge in [0.15, 0.2) is 0 Å². The normalized spacial score (nSPS) is 17.8. The van der Waals surface area contributed by atoms with Crippen LogP contribution < -0.4 is 10.0 Å². The van der Waals surface area contributed by atoms with Crippen LogP contribution >= 0.6 is 11.3 Å². The van der Waals surface area contributed by atoms with Gasteiger partial charge in [0.05, 0.1) is 11.8 Å². The standard InChI is InChI=1S/C13H22N2O2S2/c1-10(2)13(12-4-3-8-18-12)15-19(16,17)9-7-14-11-5-6-11/h3-4,8,10-11,13-15H,5-7,9H2,1-2H3. The van der Waals surface area contributed by atoms with Crippen LogP contribution in [0.25, 0.3) is 0 Å². The first-order valence-electron chi connectivity index (χ1n) is 6.75. The third-order valence-electron chi connectivity index (χ3n) is 3.20. The van der Waals surface area contributed by atoms with Gasteiger partial charge in [0.25, 0.3) is 0 Å². The predicted molar refractivity (Wildman–Crippen MR) is 79.8 cm³/mol. The van der Waals surface area contributed by atoms with Gasteiger partial charge >= 0.3 is 0 Å². The highest BCUT2D eigenvalue weighted by molar-refractivity contribution is 7.89. The maximum absolute atomic E-state index is 12.1. The lowest BCUT2D eigenvalue weighted by Gasteiger charge is -2.21. The third kappa shape index (κ3) is 4.87. The number of rotatable bonds is 8. The van der Waals surface area contributed by atoms with Crippen LogP contribution in [0.3, 0.4) is 0 Å². The van der Waals surface area contributed by atoms with E-state index in [4.69, 9.17) is 0 Å². The summed E-state index contributed by atoms with van der Waals surface area (Å²) in [5.74, 6) is 0.391. The van der Waals surface area contributed by atoms with Gasteiger partial charge in [-0.1, -0.05) is 19.9 Å². The summed E-state index contributed by atoms with van der Waals surface area (Å²) in [4.78, 5) is 1.08. The van der Waals surface area contributed by atoms with Crippen LogP contribution in [0.5, 0.6) is 0 Å². The second-order valence-electron chi connectivity index (χ2n) is 5.40. The molecule has 0 spiro atoms. The van der Waals surface area contributed by atoms with E-state index in [0.29, 0.717) is 12.6 Å². The summed E-state index contributed by atoms with van der Waals surface area (Å²) >= 11 is 1.60. The Balaban J connectivity index is 1.91. The van der Waals surface area contributed by atoms with Crippen molar-refractivity contribution in [2.24, 2.45) is 5.92 Å². The van der Waals surface area contributed by atoms with Gasteiger partial charge in [-0.2, -0.15) is 0 Å². The van der Waals surface area contributed by atoms with E-state index >= 15 is 0 Å². The zero-order valence-corrected chi connectivity index (χ0v) is 13.1. The molecular weight excluding hydrogens is 280 g/mol. The van der Waals surface area contributed by atoms with Crippen molar-refractivity contribution < 1.29 is 8.42 Å². The molecule has 108 valence electrons. The fraction of sp³-hybridized carbons (Fsp3) is 0.692. The van der Waals surface area contributed by atoms with Gasteiger partial charge < -0.3 is 5.32 Å². The van der Waals surface area contributed by atoms with Crippen LogP contribution in [0.2, 0.25) is 0 Å². The molecule has 0 amide bonds. The van der Waals surface area contributed by atoms with Crippen molar-refractivity contribution in [2.45, 2.75) is 38.8 Å². The summed E-state index contributed by atoms with van der Waals surface area (Å²) in [5, 5.41) is 5.21. The molecule has 0 bridgehead atoms. The topological polar surface area (TPSA) is 58.2 Å². The Morgan fingerprint density at radius 3 is 2.68 bits per heavy atom. The minimum atomic E-state index is -3.23. The van der Waals surface area contributed by atoms with Gasteiger partial charge in [-0.05, 0) is 30.2 Å². The zero-order valence-electron chi connectivity index (χ0n) is 11.4. The Morgan fingerprint density at radius 2 is 2.16 bits per heavy atom. The molecule has 1 aliphatic carbocycles. The Morgan fingerprint density at radius 1 is 1.42 bits per heavy atom. The summed E-state index contributed by atoms with van der Waals surface area (Å²) in [7, 11) is -3.23. The minimum Gasteiger partial charge on any atom is -0.313 e. The van der Waals surface area contributed by atoms with Gasteiger partial charge in [-0.3, -0.25) is 0 Å². The monoisotopic (exact) mass is 302 g/mol. The van der Waals surface area contributed by atoms with E-state index < -0.39 is 10.0 Å². The smallest absolute Gasteiger partial charge is 0.213 e. The second-order valence-corrected chi connectivity index (χ2v) is 8.25. The second kappa shape index (κ2) is 6.35. The summed E-state index contributed by atoms with van der Waals surface area (Å²) in [6.45, 7) is 4.61. The lowest BCUT2D eigenvalue weighted by atomic mass is 10.0. The maximum atomic E-state index is 12.1. The average Bonchev–Trinajstić information content (AvgIpc) is 2.99. The molecule has 1 aromatic heterocycles. The molecule has 1 atom stereocenters. The van der Waals surface area contributed by atoms with E-state index in [2.05, 4.69) is 10.0 Å². The molecule has 2 N–H and O–H groups in total. The SMILES string of the molecule is CC(C)C(NS(=O)(=O)CCNC1CC1)c1cccs1. The van der Waals surface area contributed by atoms with E-state index in [9.17, 15) is 8.42 Å². The highest BCUT2D eigenvalue weighted by atomic mass is 32.2. The van der Waals surface area contributed by atoms with Crippen LogP contribution in [0.4, 0.5) is 0 Å². The molecular formula is C13H22N2O2S2. The fourth-order valence-electron chi connectivity index (χ4n) is 1.93. The quantitative estimate of drug-likeness (QED) is 0.773. The predicted octanol–water partition coefficient (Wildman–Crippen LogP) is 2.12. The molecule has 6 heteroatoms. The molecule has 0 radical (unpaired) electrons. The van der Waals surface area contributed by atoms with E-state index in [-0.39, 0.29) is 17.7 Å². The van der Waals surface area contributed by atoms with Crippen LogP contribution in [0.15, 0.2) is 17.5 Å². The van der Waals surface area contributed by atoms with Crippen LogP contribution in [0, 0.1) is 5.92 Å². The number of hydrogen-bond donors (Lipinski definition) is 2. The average molecular weight is 302 g/mol. The lowest BCUT2D eigenvalue weighted by molar-refractivity contribution is 0.468. The molecule has 19 heavy (non-hydrogen) atoms. The number of nitrogens with one attached hydrogen (secondary N) is 2. The van der Waals surface area contributed by atoms with E-state index in [1.54, 1.807) is 11.3 Å². The summed E-state index contributed by atoms with van der Waals surface area (Å²) in [6.07, 6.45) is 2.36.